The highest BCUT2D eigenvalue weighted by Gasteiger charge is 2.20. The third kappa shape index (κ3) is 4.86. The maximum absolute atomic E-state index is 12.0. The number of carbonyl (C=O) groups excluding carboxylic acids is 1. The molecule has 1 aliphatic carbocycles. The van der Waals surface area contributed by atoms with Crippen LogP contribution in [0.1, 0.15) is 61.4 Å². The number of aryl methyl sites for hydroxylation is 1. The van der Waals surface area contributed by atoms with Gasteiger partial charge in [0.1, 0.15) is 5.01 Å². The minimum Gasteiger partial charge on any atom is -0.301 e. The molecule has 122 valence electrons. The highest BCUT2D eigenvalue weighted by atomic mass is 32.1. The van der Waals surface area contributed by atoms with Crippen LogP contribution in [0, 0.1) is 0 Å². The molecule has 0 radical (unpaired) electrons. The highest BCUT2D eigenvalue weighted by Crippen LogP contribution is 2.35. The van der Waals surface area contributed by atoms with Gasteiger partial charge in [-0.3, -0.25) is 4.79 Å². The first-order valence-corrected chi connectivity index (χ1v) is 9.30. The lowest BCUT2D eigenvalue weighted by atomic mass is 9.90. The van der Waals surface area contributed by atoms with Gasteiger partial charge >= 0.3 is 0 Å². The zero-order chi connectivity index (χ0) is 15.9. The molecule has 1 aromatic carbocycles. The van der Waals surface area contributed by atoms with Crippen molar-refractivity contribution in [1.29, 1.82) is 0 Å². The normalized spacial score (nSPS) is 15.5. The lowest BCUT2D eigenvalue weighted by Crippen LogP contribution is -2.11. The van der Waals surface area contributed by atoms with Crippen LogP contribution in [0.2, 0.25) is 0 Å². The van der Waals surface area contributed by atoms with Crippen molar-refractivity contribution in [2.45, 2.75) is 57.3 Å². The molecule has 1 aromatic heterocycles. The number of carbonyl (C=O) groups is 1. The van der Waals surface area contributed by atoms with Crippen molar-refractivity contribution in [1.82, 2.24) is 10.2 Å². The van der Waals surface area contributed by atoms with E-state index in [1.54, 1.807) is 11.3 Å². The van der Waals surface area contributed by atoms with Gasteiger partial charge in [-0.2, -0.15) is 0 Å². The summed E-state index contributed by atoms with van der Waals surface area (Å²) in [6.07, 6.45) is 8.62. The van der Waals surface area contributed by atoms with Gasteiger partial charge in [0.2, 0.25) is 11.0 Å². The molecular weight excluding hydrogens is 306 g/mol. The van der Waals surface area contributed by atoms with E-state index in [9.17, 15) is 4.79 Å². The molecular formula is C18H23N3OS. The number of nitrogens with one attached hydrogen (secondary N) is 1. The lowest BCUT2D eigenvalue weighted by molar-refractivity contribution is -0.116. The Morgan fingerprint density at radius 1 is 1.13 bits per heavy atom. The average Bonchev–Trinajstić information content (AvgIpc) is 3.05. The molecule has 1 heterocycles. The summed E-state index contributed by atoms with van der Waals surface area (Å²) >= 11 is 1.54. The van der Waals surface area contributed by atoms with Crippen LogP contribution in [-0.2, 0) is 11.2 Å². The number of anilines is 1. The fraction of sp³-hybridized carbons (Fsp3) is 0.500. The molecule has 3 rings (SSSR count). The topological polar surface area (TPSA) is 54.9 Å². The van der Waals surface area contributed by atoms with Gasteiger partial charge in [-0.1, -0.05) is 60.9 Å². The summed E-state index contributed by atoms with van der Waals surface area (Å²) in [6, 6.07) is 10.3. The van der Waals surface area contributed by atoms with E-state index >= 15 is 0 Å². The second kappa shape index (κ2) is 8.20. The van der Waals surface area contributed by atoms with Gasteiger partial charge in [0.25, 0.3) is 0 Å². The van der Waals surface area contributed by atoms with E-state index in [1.807, 2.05) is 18.2 Å². The van der Waals surface area contributed by atoms with E-state index in [4.69, 9.17) is 0 Å². The van der Waals surface area contributed by atoms with Crippen LogP contribution in [0.5, 0.6) is 0 Å². The molecule has 0 spiro atoms. The summed E-state index contributed by atoms with van der Waals surface area (Å²) in [5.41, 5.74) is 1.27. The van der Waals surface area contributed by atoms with Gasteiger partial charge in [0.05, 0.1) is 0 Å². The molecule has 23 heavy (non-hydrogen) atoms. The fourth-order valence-electron chi connectivity index (χ4n) is 3.08. The summed E-state index contributed by atoms with van der Waals surface area (Å²) in [5.74, 6) is 0.581. The Hall–Kier alpha value is -1.75. The van der Waals surface area contributed by atoms with E-state index in [0.717, 1.165) is 17.8 Å². The van der Waals surface area contributed by atoms with Crippen LogP contribution in [0.15, 0.2) is 30.3 Å². The Balaban J connectivity index is 1.43. The van der Waals surface area contributed by atoms with E-state index in [1.165, 1.54) is 37.7 Å². The van der Waals surface area contributed by atoms with Crippen molar-refractivity contribution in [3.05, 3.63) is 40.9 Å². The van der Waals surface area contributed by atoms with Gasteiger partial charge in [-0.15, -0.1) is 10.2 Å². The maximum atomic E-state index is 12.0. The van der Waals surface area contributed by atoms with Crippen LogP contribution in [0.4, 0.5) is 5.13 Å². The molecule has 0 atom stereocenters. The quantitative estimate of drug-likeness (QED) is 0.846. The van der Waals surface area contributed by atoms with Crippen molar-refractivity contribution in [2.24, 2.45) is 0 Å². The Morgan fingerprint density at radius 3 is 2.70 bits per heavy atom. The predicted octanol–water partition coefficient (Wildman–Crippen LogP) is 4.55. The molecule has 1 amide bonds. The number of rotatable bonds is 6. The van der Waals surface area contributed by atoms with Crippen molar-refractivity contribution in [2.75, 3.05) is 5.32 Å². The largest absolute Gasteiger partial charge is 0.301 e. The number of hydrogen-bond donors (Lipinski definition) is 1. The molecule has 4 nitrogen and oxygen atoms in total. The predicted molar refractivity (Wildman–Crippen MR) is 93.7 cm³/mol. The number of aromatic nitrogens is 2. The van der Waals surface area contributed by atoms with Crippen LogP contribution in [-0.4, -0.2) is 16.1 Å². The summed E-state index contributed by atoms with van der Waals surface area (Å²) < 4.78 is 0. The molecule has 5 heteroatoms. The standard InChI is InChI=1S/C18H23N3OS/c22-16(13-7-10-14-8-3-1-4-9-14)19-18-21-20-17(23-18)15-11-5-2-6-12-15/h1,3-4,8-9,15H,2,5-7,10-13H2,(H,19,21,22). The fourth-order valence-corrected chi connectivity index (χ4v) is 4.01. The summed E-state index contributed by atoms with van der Waals surface area (Å²) in [5, 5.41) is 13.0. The molecule has 1 fully saturated rings. The molecule has 0 unspecified atom stereocenters. The Bertz CT molecular complexity index is 620. The van der Waals surface area contributed by atoms with Crippen molar-refractivity contribution in [3.63, 3.8) is 0 Å². The second-order valence-corrected chi connectivity index (χ2v) is 7.18. The first-order valence-electron chi connectivity index (χ1n) is 8.48. The van der Waals surface area contributed by atoms with E-state index < -0.39 is 0 Å². The summed E-state index contributed by atoms with van der Waals surface area (Å²) in [6.45, 7) is 0. The molecule has 2 aromatic rings. The van der Waals surface area contributed by atoms with Crippen LogP contribution in [0.3, 0.4) is 0 Å². The number of hydrogen-bond acceptors (Lipinski definition) is 4. The van der Waals surface area contributed by atoms with Crippen molar-refractivity contribution in [3.8, 4) is 0 Å². The number of benzene rings is 1. The minimum absolute atomic E-state index is 0.0345. The van der Waals surface area contributed by atoms with Gasteiger partial charge in [-0.25, -0.2) is 0 Å². The zero-order valence-corrected chi connectivity index (χ0v) is 14.1. The first-order chi connectivity index (χ1) is 11.3. The van der Waals surface area contributed by atoms with Gasteiger partial charge in [0.15, 0.2) is 0 Å². The van der Waals surface area contributed by atoms with Crippen LogP contribution < -0.4 is 5.32 Å². The lowest BCUT2D eigenvalue weighted by Gasteiger charge is -2.18. The smallest absolute Gasteiger partial charge is 0.226 e. The van der Waals surface area contributed by atoms with Crippen LogP contribution in [0.25, 0.3) is 0 Å². The second-order valence-electron chi connectivity index (χ2n) is 6.17. The molecule has 1 aliphatic rings. The van der Waals surface area contributed by atoms with Crippen molar-refractivity contribution >= 4 is 22.4 Å². The first kappa shape index (κ1) is 16.1. The molecule has 1 N–H and O–H groups in total. The minimum atomic E-state index is 0.0345. The summed E-state index contributed by atoms with van der Waals surface area (Å²) in [4.78, 5) is 12.0. The monoisotopic (exact) mass is 329 g/mol. The third-order valence-electron chi connectivity index (χ3n) is 4.35. The third-order valence-corrected chi connectivity index (χ3v) is 5.35. The average molecular weight is 329 g/mol. The van der Waals surface area contributed by atoms with Crippen molar-refractivity contribution < 1.29 is 4.79 Å². The Morgan fingerprint density at radius 2 is 1.91 bits per heavy atom. The molecule has 0 saturated heterocycles. The Kier molecular flexibility index (Phi) is 5.75. The maximum Gasteiger partial charge on any atom is 0.226 e. The molecule has 0 bridgehead atoms. The SMILES string of the molecule is O=C(CCCc1ccccc1)Nc1nnc(C2CCCCC2)s1. The highest BCUT2D eigenvalue weighted by molar-refractivity contribution is 7.15. The zero-order valence-electron chi connectivity index (χ0n) is 13.3. The van der Waals surface area contributed by atoms with E-state index in [2.05, 4.69) is 27.6 Å². The van der Waals surface area contributed by atoms with E-state index in [-0.39, 0.29) is 5.91 Å². The molecule has 1 saturated carbocycles. The summed E-state index contributed by atoms with van der Waals surface area (Å²) in [7, 11) is 0. The van der Waals surface area contributed by atoms with Gasteiger partial charge in [0, 0.05) is 12.3 Å². The van der Waals surface area contributed by atoms with Crippen LogP contribution >= 0.6 is 11.3 Å². The van der Waals surface area contributed by atoms with Gasteiger partial charge < -0.3 is 5.32 Å². The number of nitrogens with zero attached hydrogens (tertiary/aromatic N) is 2. The number of amides is 1. The molecule has 0 aliphatic heterocycles. The Labute approximate surface area is 141 Å². The van der Waals surface area contributed by atoms with Gasteiger partial charge in [-0.05, 0) is 31.2 Å². The van der Waals surface area contributed by atoms with E-state index in [0.29, 0.717) is 17.5 Å².